The third kappa shape index (κ3) is 2.79. The number of carbonyl (C=O) groups is 2. The molecular formula is C18H16O4. The number of hydrogen-bond acceptors (Lipinski definition) is 2. The second-order valence-electron chi connectivity index (χ2n) is 5.13. The van der Waals surface area contributed by atoms with Crippen molar-refractivity contribution in [2.24, 2.45) is 0 Å². The van der Waals surface area contributed by atoms with Gasteiger partial charge in [0.1, 0.15) is 0 Å². The Labute approximate surface area is 128 Å². The molecule has 0 heterocycles. The molecule has 0 saturated carbocycles. The van der Waals surface area contributed by atoms with Gasteiger partial charge in [-0.25, -0.2) is 0 Å². The van der Waals surface area contributed by atoms with E-state index in [0.717, 1.165) is 10.8 Å². The Balaban J connectivity index is 2.55. The summed E-state index contributed by atoms with van der Waals surface area (Å²) in [5, 5.41) is 20.2. The Kier molecular flexibility index (Phi) is 4.47. The van der Waals surface area contributed by atoms with E-state index in [2.05, 4.69) is 5.92 Å². The molecule has 1 atom stereocenters. The van der Waals surface area contributed by atoms with Gasteiger partial charge in [0.15, 0.2) is 5.41 Å². The lowest BCUT2D eigenvalue weighted by molar-refractivity contribution is -0.142. The quantitative estimate of drug-likeness (QED) is 0.803. The van der Waals surface area contributed by atoms with E-state index in [4.69, 9.17) is 11.5 Å². The fraction of sp³-hybridized carbons (Fsp3) is 0.222. The molecule has 2 aromatic carbocycles. The third-order valence-corrected chi connectivity index (χ3v) is 3.80. The van der Waals surface area contributed by atoms with E-state index in [-0.39, 0.29) is 19.3 Å². The molecular weight excluding hydrogens is 280 g/mol. The number of fused-ring (bicyclic) bond motifs is 1. The van der Waals surface area contributed by atoms with Crippen molar-refractivity contribution in [3.05, 3.63) is 48.0 Å². The molecule has 2 aromatic rings. The number of aliphatic carboxylic acids is 2. The maximum atomic E-state index is 11.9. The van der Waals surface area contributed by atoms with Gasteiger partial charge in [-0.3, -0.25) is 9.59 Å². The van der Waals surface area contributed by atoms with Crippen molar-refractivity contribution in [1.29, 1.82) is 0 Å². The number of rotatable bonds is 6. The normalized spacial score (nSPS) is 13.2. The molecule has 0 aromatic heterocycles. The van der Waals surface area contributed by atoms with Gasteiger partial charge in [-0.15, -0.1) is 6.42 Å². The number of terminal acetylenes is 1. The molecule has 0 aliphatic carbocycles. The van der Waals surface area contributed by atoms with Crippen LogP contribution in [0.25, 0.3) is 10.8 Å². The molecule has 0 radical (unpaired) electrons. The predicted molar refractivity (Wildman–Crippen MR) is 83.6 cm³/mol. The first-order chi connectivity index (χ1) is 10.5. The largest absolute Gasteiger partial charge is 0.481 e. The van der Waals surface area contributed by atoms with E-state index in [1.54, 1.807) is 12.1 Å². The van der Waals surface area contributed by atoms with Gasteiger partial charge in [-0.2, -0.15) is 0 Å². The summed E-state index contributed by atoms with van der Waals surface area (Å²) < 4.78 is 0. The highest BCUT2D eigenvalue weighted by atomic mass is 16.4. The molecule has 0 amide bonds. The van der Waals surface area contributed by atoms with Crippen LogP contribution in [0.1, 0.15) is 24.8 Å². The molecule has 4 nitrogen and oxygen atoms in total. The molecule has 1 unspecified atom stereocenters. The maximum absolute atomic E-state index is 11.9. The average Bonchev–Trinajstić information content (AvgIpc) is 2.51. The molecule has 0 bridgehead atoms. The van der Waals surface area contributed by atoms with Crippen LogP contribution in [0.2, 0.25) is 0 Å². The summed E-state index contributed by atoms with van der Waals surface area (Å²) in [6.07, 6.45) is 5.75. The monoisotopic (exact) mass is 296 g/mol. The molecule has 2 rings (SSSR count). The first-order valence-electron chi connectivity index (χ1n) is 6.92. The van der Waals surface area contributed by atoms with Crippen LogP contribution in [0.3, 0.4) is 0 Å². The van der Waals surface area contributed by atoms with Gasteiger partial charge in [-0.05, 0) is 29.2 Å². The standard InChI is InChI=1S/C18H16O4/c1-2-18(17(21)22,12-6-11-16(19)20)15-10-5-8-13-7-3-4-9-14(13)15/h1,3-5,7-10H,6,11-12H2,(H,19,20)(H,21,22). The molecule has 112 valence electrons. The van der Waals surface area contributed by atoms with Crippen LogP contribution in [0.5, 0.6) is 0 Å². The van der Waals surface area contributed by atoms with Crippen molar-refractivity contribution >= 4 is 22.7 Å². The van der Waals surface area contributed by atoms with Crippen molar-refractivity contribution in [3.63, 3.8) is 0 Å². The lowest BCUT2D eigenvalue weighted by atomic mass is 9.75. The summed E-state index contributed by atoms with van der Waals surface area (Å²) in [5.41, 5.74) is -0.984. The molecule has 0 aliphatic rings. The smallest absolute Gasteiger partial charge is 0.326 e. The van der Waals surface area contributed by atoms with Gasteiger partial charge in [0, 0.05) is 6.42 Å². The van der Waals surface area contributed by atoms with E-state index >= 15 is 0 Å². The number of carboxylic acids is 2. The first-order valence-corrected chi connectivity index (χ1v) is 6.92. The van der Waals surface area contributed by atoms with Gasteiger partial charge in [-0.1, -0.05) is 48.4 Å². The SMILES string of the molecule is C#CC(CCCC(=O)O)(C(=O)O)c1cccc2ccccc12. The van der Waals surface area contributed by atoms with E-state index in [0.29, 0.717) is 5.56 Å². The third-order valence-electron chi connectivity index (χ3n) is 3.80. The zero-order chi connectivity index (χ0) is 16.2. The summed E-state index contributed by atoms with van der Waals surface area (Å²) in [7, 11) is 0. The maximum Gasteiger partial charge on any atom is 0.326 e. The Hall–Kier alpha value is -2.80. The van der Waals surface area contributed by atoms with Crippen molar-refractivity contribution in [2.75, 3.05) is 0 Å². The topological polar surface area (TPSA) is 74.6 Å². The Bertz CT molecular complexity index is 752. The van der Waals surface area contributed by atoms with Gasteiger partial charge < -0.3 is 10.2 Å². The van der Waals surface area contributed by atoms with Crippen molar-refractivity contribution in [1.82, 2.24) is 0 Å². The fourth-order valence-corrected chi connectivity index (χ4v) is 2.67. The zero-order valence-electron chi connectivity index (χ0n) is 12.0. The molecule has 0 saturated heterocycles. The van der Waals surface area contributed by atoms with Gasteiger partial charge in [0.25, 0.3) is 0 Å². The molecule has 22 heavy (non-hydrogen) atoms. The predicted octanol–water partition coefficient (Wildman–Crippen LogP) is 3.05. The fourth-order valence-electron chi connectivity index (χ4n) is 2.67. The minimum absolute atomic E-state index is 0.0825. The van der Waals surface area contributed by atoms with Crippen molar-refractivity contribution in [2.45, 2.75) is 24.7 Å². The van der Waals surface area contributed by atoms with E-state index < -0.39 is 17.4 Å². The highest BCUT2D eigenvalue weighted by Crippen LogP contribution is 2.35. The summed E-state index contributed by atoms with van der Waals surface area (Å²) in [6.45, 7) is 0. The second kappa shape index (κ2) is 6.31. The van der Waals surface area contributed by atoms with Crippen LogP contribution in [-0.4, -0.2) is 22.2 Å². The minimum Gasteiger partial charge on any atom is -0.481 e. The number of hydrogen-bond donors (Lipinski definition) is 2. The summed E-state index contributed by atoms with van der Waals surface area (Å²) in [6, 6.07) is 12.8. The lowest BCUT2D eigenvalue weighted by Gasteiger charge is -2.25. The van der Waals surface area contributed by atoms with Crippen LogP contribution in [-0.2, 0) is 15.0 Å². The lowest BCUT2D eigenvalue weighted by Crippen LogP contribution is -2.34. The number of carboxylic acid groups (broad SMARTS) is 2. The first kappa shape index (κ1) is 15.6. The summed E-state index contributed by atoms with van der Waals surface area (Å²) in [4.78, 5) is 22.6. The average molecular weight is 296 g/mol. The van der Waals surface area contributed by atoms with Crippen LogP contribution < -0.4 is 0 Å². The molecule has 4 heteroatoms. The van der Waals surface area contributed by atoms with Crippen LogP contribution >= 0.6 is 0 Å². The second-order valence-corrected chi connectivity index (χ2v) is 5.13. The molecule has 2 N–H and O–H groups in total. The molecule has 0 spiro atoms. The highest BCUT2D eigenvalue weighted by Gasteiger charge is 2.39. The van der Waals surface area contributed by atoms with E-state index in [9.17, 15) is 14.7 Å². The minimum atomic E-state index is -1.52. The Morgan fingerprint density at radius 3 is 2.41 bits per heavy atom. The van der Waals surface area contributed by atoms with Crippen molar-refractivity contribution < 1.29 is 19.8 Å². The van der Waals surface area contributed by atoms with Gasteiger partial charge in [0.05, 0.1) is 0 Å². The number of benzene rings is 2. The summed E-state index contributed by atoms with van der Waals surface area (Å²) in [5.74, 6) is 0.313. The van der Waals surface area contributed by atoms with E-state index in [1.165, 1.54) is 0 Å². The van der Waals surface area contributed by atoms with Gasteiger partial charge >= 0.3 is 11.9 Å². The van der Waals surface area contributed by atoms with E-state index in [1.807, 2.05) is 30.3 Å². The Morgan fingerprint density at radius 2 is 1.77 bits per heavy atom. The molecule has 0 fully saturated rings. The Morgan fingerprint density at radius 1 is 1.09 bits per heavy atom. The highest BCUT2D eigenvalue weighted by molar-refractivity contribution is 5.95. The van der Waals surface area contributed by atoms with Crippen LogP contribution in [0.15, 0.2) is 42.5 Å². The zero-order valence-corrected chi connectivity index (χ0v) is 12.0. The van der Waals surface area contributed by atoms with Crippen LogP contribution in [0, 0.1) is 12.3 Å². The molecule has 0 aliphatic heterocycles. The summed E-state index contributed by atoms with van der Waals surface area (Å²) >= 11 is 0. The van der Waals surface area contributed by atoms with Gasteiger partial charge in [0.2, 0.25) is 0 Å². The van der Waals surface area contributed by atoms with Crippen molar-refractivity contribution in [3.8, 4) is 12.3 Å². The van der Waals surface area contributed by atoms with Crippen LogP contribution in [0.4, 0.5) is 0 Å².